The van der Waals surface area contributed by atoms with Crippen LogP contribution in [0.2, 0.25) is 0 Å². The van der Waals surface area contributed by atoms with Crippen molar-refractivity contribution >= 4 is 23.4 Å². The van der Waals surface area contributed by atoms with E-state index in [9.17, 15) is 27.6 Å². The molecule has 10 nitrogen and oxygen atoms in total. The number of hydrogen-bond acceptors (Lipinski definition) is 6. The van der Waals surface area contributed by atoms with Gasteiger partial charge in [-0.05, 0) is 31.5 Å². The van der Waals surface area contributed by atoms with E-state index in [4.69, 9.17) is 5.26 Å². The van der Waals surface area contributed by atoms with Crippen LogP contribution < -0.4 is 10.6 Å². The van der Waals surface area contributed by atoms with Crippen LogP contribution in [0, 0.1) is 23.1 Å². The maximum absolute atomic E-state index is 13.6. The van der Waals surface area contributed by atoms with Crippen molar-refractivity contribution < 1.29 is 27.6 Å². The van der Waals surface area contributed by atoms with Crippen LogP contribution in [0.25, 0.3) is 0 Å². The Kier molecular flexibility index (Phi) is 5.76. The Balaban J connectivity index is 1.41. The molecule has 2 aliphatic rings. The summed E-state index contributed by atoms with van der Waals surface area (Å²) in [6.07, 6.45) is 0.0415. The van der Waals surface area contributed by atoms with Gasteiger partial charge in [-0.3, -0.25) is 14.4 Å². The molecule has 1 aromatic carbocycles. The molecule has 2 fully saturated rings. The highest BCUT2D eigenvalue weighted by molar-refractivity contribution is 6.35. The average Bonchev–Trinajstić information content (AvgIpc) is 3.43. The first-order valence-corrected chi connectivity index (χ1v) is 10.4. The zero-order valence-electron chi connectivity index (χ0n) is 17.9. The first-order chi connectivity index (χ1) is 16.0. The highest BCUT2D eigenvalue weighted by Gasteiger charge is 2.60. The van der Waals surface area contributed by atoms with Crippen molar-refractivity contribution in [3.8, 4) is 6.07 Å². The lowest BCUT2D eigenvalue weighted by Crippen LogP contribution is -2.62. The Morgan fingerprint density at radius 1 is 1.29 bits per heavy atom. The number of halogens is 3. The van der Waals surface area contributed by atoms with Crippen molar-refractivity contribution in [1.82, 2.24) is 25.6 Å². The molecule has 178 valence electrons. The van der Waals surface area contributed by atoms with Gasteiger partial charge in [0.05, 0.1) is 23.2 Å². The minimum atomic E-state index is -3.01. The van der Waals surface area contributed by atoms with Crippen LogP contribution >= 0.6 is 0 Å². The van der Waals surface area contributed by atoms with Gasteiger partial charge >= 0.3 is 11.8 Å². The molecular formula is C21H20F3N7O3. The zero-order valence-corrected chi connectivity index (χ0v) is 17.9. The highest BCUT2D eigenvalue weighted by Crippen LogP contribution is 2.51. The molecule has 1 aromatic heterocycles. The molecule has 3 amide bonds. The van der Waals surface area contributed by atoms with Crippen molar-refractivity contribution in [2.75, 3.05) is 11.9 Å². The number of nitrogens with one attached hydrogen (secondary N) is 3. The fourth-order valence-corrected chi connectivity index (χ4v) is 4.50. The smallest absolute Gasteiger partial charge is 0.312 e. The number of hydrogen-bond donors (Lipinski definition) is 3. The molecule has 0 bridgehead atoms. The summed E-state index contributed by atoms with van der Waals surface area (Å²) in [5.74, 6) is -6.89. The van der Waals surface area contributed by atoms with E-state index in [0.717, 1.165) is 6.07 Å². The van der Waals surface area contributed by atoms with Gasteiger partial charge in [0, 0.05) is 31.1 Å². The number of anilines is 1. The first kappa shape index (κ1) is 23.2. The first-order valence-electron chi connectivity index (χ1n) is 10.4. The van der Waals surface area contributed by atoms with E-state index in [0.29, 0.717) is 0 Å². The minimum Gasteiger partial charge on any atom is -0.336 e. The molecule has 0 radical (unpaired) electrons. The molecule has 0 spiro atoms. The van der Waals surface area contributed by atoms with Gasteiger partial charge < -0.3 is 15.5 Å². The minimum absolute atomic E-state index is 0.0994. The van der Waals surface area contributed by atoms with Crippen LogP contribution in [0.1, 0.15) is 37.4 Å². The summed E-state index contributed by atoms with van der Waals surface area (Å²) in [4.78, 5) is 39.5. The second-order valence-corrected chi connectivity index (χ2v) is 8.53. The molecule has 1 aliphatic heterocycles. The van der Waals surface area contributed by atoms with E-state index in [2.05, 4.69) is 26.0 Å². The standard InChI is InChI=1S/C21H20F3N7O3/c1-11-14(17(32)27-13-2-3-15(22)12(6-13)7-25)4-5-31(11)19(34)18(33)28-20(9-21(23,24)10-20)16-8-26-30-29-16/h2-3,6,8,11,14H,4-5,9-10H2,1H3,(H,27,32)(H,28,33)(H,26,29,30)/t11-,14+/m0/s1. The Morgan fingerprint density at radius 2 is 2.03 bits per heavy atom. The summed E-state index contributed by atoms with van der Waals surface area (Å²) in [6.45, 7) is 1.70. The van der Waals surface area contributed by atoms with Crippen molar-refractivity contribution in [2.45, 2.75) is 43.7 Å². The largest absolute Gasteiger partial charge is 0.336 e. The normalized spacial score (nSPS) is 22.4. The maximum Gasteiger partial charge on any atom is 0.312 e. The number of nitriles is 1. The van der Waals surface area contributed by atoms with Crippen LogP contribution in [0.5, 0.6) is 0 Å². The van der Waals surface area contributed by atoms with Crippen LogP contribution in [0.3, 0.4) is 0 Å². The Bertz CT molecular complexity index is 1170. The molecule has 2 aromatic rings. The van der Waals surface area contributed by atoms with E-state index in [1.165, 1.54) is 23.2 Å². The van der Waals surface area contributed by atoms with E-state index in [1.54, 1.807) is 13.0 Å². The highest BCUT2D eigenvalue weighted by atomic mass is 19.3. The third-order valence-corrected chi connectivity index (χ3v) is 6.28. The van der Waals surface area contributed by atoms with Crippen molar-refractivity contribution in [3.63, 3.8) is 0 Å². The van der Waals surface area contributed by atoms with E-state index < -0.39 is 59.8 Å². The number of rotatable bonds is 4. The summed E-state index contributed by atoms with van der Waals surface area (Å²) < 4.78 is 40.8. The second kappa shape index (κ2) is 8.44. The monoisotopic (exact) mass is 475 g/mol. The lowest BCUT2D eigenvalue weighted by Gasteiger charge is -2.46. The number of carbonyl (C=O) groups excluding carboxylic acids is 3. The van der Waals surface area contributed by atoms with Crippen molar-refractivity contribution in [1.29, 1.82) is 5.26 Å². The van der Waals surface area contributed by atoms with Crippen LogP contribution in [0.15, 0.2) is 24.4 Å². The Morgan fingerprint density at radius 3 is 2.65 bits per heavy atom. The lowest BCUT2D eigenvalue weighted by molar-refractivity contribution is -0.160. The summed E-state index contributed by atoms with van der Waals surface area (Å²) in [5.41, 5.74) is -1.42. The molecule has 4 rings (SSSR count). The number of H-pyrrole nitrogens is 1. The van der Waals surface area contributed by atoms with Crippen molar-refractivity contribution in [2.24, 2.45) is 5.92 Å². The van der Waals surface area contributed by atoms with Gasteiger partial charge in [0.15, 0.2) is 0 Å². The number of aromatic amines is 1. The summed E-state index contributed by atoms with van der Waals surface area (Å²) in [5, 5.41) is 23.6. The fourth-order valence-electron chi connectivity index (χ4n) is 4.50. The Labute approximate surface area is 191 Å². The number of carbonyl (C=O) groups is 3. The molecular weight excluding hydrogens is 455 g/mol. The van der Waals surface area contributed by atoms with Crippen LogP contribution in [-0.2, 0) is 19.9 Å². The predicted octanol–water partition coefficient (Wildman–Crippen LogP) is 1.43. The topological polar surface area (TPSA) is 144 Å². The lowest BCUT2D eigenvalue weighted by atomic mass is 9.71. The number of nitrogens with zero attached hydrogens (tertiary/aromatic N) is 4. The Hall–Kier alpha value is -3.95. The quantitative estimate of drug-likeness (QED) is 0.571. The summed E-state index contributed by atoms with van der Waals surface area (Å²) in [6, 6.07) is 4.58. The van der Waals surface area contributed by atoms with E-state index in [1.807, 2.05) is 0 Å². The van der Waals surface area contributed by atoms with Gasteiger partial charge in [0.25, 0.3) is 5.92 Å². The SMILES string of the molecule is C[C@H]1[C@H](C(=O)Nc2ccc(F)c(C#N)c2)CCN1C(=O)C(=O)NC1(c2cn[nH]n2)CC(F)(F)C1. The summed E-state index contributed by atoms with van der Waals surface area (Å²) in [7, 11) is 0. The molecule has 1 saturated heterocycles. The van der Waals surface area contributed by atoms with Gasteiger partial charge in [-0.1, -0.05) is 0 Å². The second-order valence-electron chi connectivity index (χ2n) is 8.53. The van der Waals surface area contributed by atoms with Gasteiger partial charge in [0.2, 0.25) is 5.91 Å². The third kappa shape index (κ3) is 4.18. The van der Waals surface area contributed by atoms with Gasteiger partial charge in [-0.15, -0.1) is 0 Å². The van der Waals surface area contributed by atoms with Gasteiger partial charge in [0.1, 0.15) is 17.6 Å². The number of benzene rings is 1. The molecule has 1 saturated carbocycles. The molecule has 1 aliphatic carbocycles. The summed E-state index contributed by atoms with van der Waals surface area (Å²) >= 11 is 0. The van der Waals surface area contributed by atoms with Crippen LogP contribution in [-0.4, -0.2) is 56.5 Å². The van der Waals surface area contributed by atoms with Gasteiger partial charge in [-0.25, -0.2) is 13.2 Å². The van der Waals surface area contributed by atoms with Crippen LogP contribution in [0.4, 0.5) is 18.9 Å². The molecule has 0 unspecified atom stereocenters. The van der Waals surface area contributed by atoms with Gasteiger partial charge in [-0.2, -0.15) is 20.7 Å². The fraction of sp³-hybridized carbons (Fsp3) is 0.429. The molecule has 2 atom stereocenters. The number of aromatic nitrogens is 3. The maximum atomic E-state index is 13.6. The average molecular weight is 475 g/mol. The van der Waals surface area contributed by atoms with Crippen molar-refractivity contribution in [3.05, 3.63) is 41.5 Å². The number of alkyl halides is 2. The molecule has 2 heterocycles. The number of amides is 3. The zero-order chi connectivity index (χ0) is 24.7. The number of likely N-dealkylation sites (tertiary alicyclic amines) is 1. The predicted molar refractivity (Wildman–Crippen MR) is 109 cm³/mol. The van der Waals surface area contributed by atoms with E-state index >= 15 is 0 Å². The molecule has 13 heteroatoms. The molecule has 3 N–H and O–H groups in total. The third-order valence-electron chi connectivity index (χ3n) is 6.28. The van der Waals surface area contributed by atoms with E-state index in [-0.39, 0.29) is 29.9 Å². The molecule has 34 heavy (non-hydrogen) atoms.